The number of carbonyl (C=O) groups is 2. The second-order valence-electron chi connectivity index (χ2n) is 9.39. The molecular formula is C26H27Cl2F2N3O3. The number of carbonyl (C=O) groups excluding carboxylic acids is 2. The Morgan fingerprint density at radius 3 is 2.53 bits per heavy atom. The van der Waals surface area contributed by atoms with E-state index in [0.717, 1.165) is 23.9 Å². The van der Waals surface area contributed by atoms with Crippen molar-refractivity contribution in [2.24, 2.45) is 13.0 Å². The summed E-state index contributed by atoms with van der Waals surface area (Å²) in [6.07, 6.45) is 0.504. The van der Waals surface area contributed by atoms with Crippen molar-refractivity contribution in [3.63, 3.8) is 0 Å². The Bertz CT molecular complexity index is 1310. The average Bonchev–Trinajstić information content (AvgIpc) is 3.10. The highest BCUT2D eigenvalue weighted by Crippen LogP contribution is 2.33. The molecule has 0 N–H and O–H groups in total. The van der Waals surface area contributed by atoms with E-state index in [9.17, 15) is 18.4 Å². The highest BCUT2D eigenvalue weighted by Gasteiger charge is 2.28. The fraction of sp³-hybridized carbons (Fsp3) is 0.423. The van der Waals surface area contributed by atoms with Crippen LogP contribution in [0.25, 0.3) is 10.9 Å². The number of aryl methyl sites for hydroxylation is 1. The Hall–Kier alpha value is -2.71. The lowest BCUT2D eigenvalue weighted by Gasteiger charge is -2.31. The number of pyridine rings is 1. The Labute approximate surface area is 218 Å². The number of fused-ring (bicyclic) bond motifs is 1. The number of amides is 1. The van der Waals surface area contributed by atoms with Crippen LogP contribution in [-0.4, -0.2) is 45.3 Å². The van der Waals surface area contributed by atoms with Crippen molar-refractivity contribution in [3.05, 3.63) is 57.5 Å². The molecule has 6 nitrogen and oxygen atoms in total. The molecule has 10 heteroatoms. The topological polar surface area (TPSA) is 64.4 Å². The third kappa shape index (κ3) is 5.81. The maximum Gasteiger partial charge on any atom is 0.394 e. The molecule has 1 fully saturated rings. The van der Waals surface area contributed by atoms with Crippen molar-refractivity contribution < 1.29 is 23.1 Å². The van der Waals surface area contributed by atoms with Crippen molar-refractivity contribution in [1.29, 1.82) is 0 Å². The van der Waals surface area contributed by atoms with Crippen LogP contribution in [0.5, 0.6) is 5.75 Å². The van der Waals surface area contributed by atoms with E-state index in [4.69, 9.17) is 27.9 Å². The molecule has 0 unspecified atom stereocenters. The monoisotopic (exact) mass is 537 g/mol. The molecule has 36 heavy (non-hydrogen) atoms. The van der Waals surface area contributed by atoms with Crippen LogP contribution in [-0.2, 0) is 18.3 Å². The zero-order valence-electron chi connectivity index (χ0n) is 20.3. The van der Waals surface area contributed by atoms with Gasteiger partial charge in [-0.3, -0.25) is 4.79 Å². The smallest absolute Gasteiger partial charge is 0.394 e. The summed E-state index contributed by atoms with van der Waals surface area (Å²) in [6.45, 7) is 3.35. The molecule has 0 radical (unpaired) electrons. The van der Waals surface area contributed by atoms with Gasteiger partial charge in [0.15, 0.2) is 0 Å². The van der Waals surface area contributed by atoms with Crippen LogP contribution in [0, 0.1) is 5.92 Å². The Morgan fingerprint density at radius 1 is 1.19 bits per heavy atom. The van der Waals surface area contributed by atoms with Crippen LogP contribution in [0.15, 0.2) is 30.5 Å². The van der Waals surface area contributed by atoms with Gasteiger partial charge in [0.2, 0.25) is 0 Å². The van der Waals surface area contributed by atoms with Crippen molar-refractivity contribution in [2.75, 3.05) is 13.1 Å². The number of halogens is 4. The van der Waals surface area contributed by atoms with Gasteiger partial charge >= 0.3 is 6.11 Å². The fourth-order valence-corrected chi connectivity index (χ4v) is 5.26. The summed E-state index contributed by atoms with van der Waals surface area (Å²) in [5.74, 6) is 0.241. The summed E-state index contributed by atoms with van der Waals surface area (Å²) in [5, 5.41) is 1.36. The predicted octanol–water partition coefficient (Wildman–Crippen LogP) is 6.29. The van der Waals surface area contributed by atoms with E-state index in [-0.39, 0.29) is 34.1 Å². The maximum absolute atomic E-state index is 13.3. The number of ether oxygens (including phenoxy) is 1. The number of benzene rings is 1. The van der Waals surface area contributed by atoms with Crippen LogP contribution < -0.4 is 4.74 Å². The van der Waals surface area contributed by atoms with E-state index in [1.54, 1.807) is 24.0 Å². The number of alkyl halides is 2. The normalized spacial score (nSPS) is 14.9. The lowest BCUT2D eigenvalue weighted by Crippen LogP contribution is -2.39. The number of hydrogen-bond acceptors (Lipinski definition) is 4. The van der Waals surface area contributed by atoms with Crippen LogP contribution in [0.3, 0.4) is 0 Å². The van der Waals surface area contributed by atoms with Gasteiger partial charge in [-0.1, -0.05) is 23.2 Å². The molecule has 3 heterocycles. The number of ketones is 1. The Balaban J connectivity index is 1.57. The number of nitrogens with zero attached hydrogens (tertiary/aromatic N) is 3. The lowest BCUT2D eigenvalue weighted by molar-refractivity contribution is -0.158. The summed E-state index contributed by atoms with van der Waals surface area (Å²) < 4.78 is 33.1. The van der Waals surface area contributed by atoms with Crippen molar-refractivity contribution in [1.82, 2.24) is 14.5 Å². The van der Waals surface area contributed by atoms with Gasteiger partial charge in [-0.05, 0) is 49.4 Å². The van der Waals surface area contributed by atoms with Crippen molar-refractivity contribution in [2.45, 2.75) is 45.6 Å². The Morgan fingerprint density at radius 2 is 1.89 bits per heavy atom. The average molecular weight is 538 g/mol. The number of likely N-dealkylation sites (tertiary alicyclic amines) is 1. The lowest BCUT2D eigenvalue weighted by atomic mass is 9.92. The first-order chi connectivity index (χ1) is 16.9. The number of hydrogen-bond donors (Lipinski definition) is 0. The van der Waals surface area contributed by atoms with Crippen LogP contribution >= 0.6 is 23.2 Å². The number of aromatic nitrogens is 2. The van der Waals surface area contributed by atoms with Gasteiger partial charge in [0, 0.05) is 63.2 Å². The van der Waals surface area contributed by atoms with Crippen LogP contribution in [0.2, 0.25) is 10.0 Å². The van der Waals surface area contributed by atoms with E-state index in [2.05, 4.69) is 4.98 Å². The zero-order chi connectivity index (χ0) is 26.2. The minimum Gasteiger partial charge on any atom is -0.433 e. The van der Waals surface area contributed by atoms with Gasteiger partial charge in [0.25, 0.3) is 5.91 Å². The maximum atomic E-state index is 13.3. The standard InChI is InChI=1S/C26H27Cl2F2N3O3/c1-15(34)10-16-6-8-33(9-7-16)25(35)24-23(28)20(21(27)14-31-24)12-18-11-17-4-5-19(36-26(2,29)30)13-22(17)32(18)3/h4-5,11,13-14,16H,6-10,12H2,1-3H3. The summed E-state index contributed by atoms with van der Waals surface area (Å²) >= 11 is 13.1. The second kappa shape index (κ2) is 10.3. The van der Waals surface area contributed by atoms with Gasteiger partial charge in [-0.15, -0.1) is 0 Å². The molecule has 1 amide bonds. The van der Waals surface area contributed by atoms with Gasteiger partial charge in [0.1, 0.15) is 17.2 Å². The molecule has 0 saturated carbocycles. The number of rotatable bonds is 7. The summed E-state index contributed by atoms with van der Waals surface area (Å²) in [7, 11) is 1.81. The van der Waals surface area contributed by atoms with E-state index in [1.165, 1.54) is 12.3 Å². The molecule has 1 aliphatic heterocycles. The van der Waals surface area contributed by atoms with Crippen LogP contribution in [0.1, 0.15) is 54.9 Å². The highest BCUT2D eigenvalue weighted by atomic mass is 35.5. The molecule has 1 aliphatic rings. The molecule has 3 aromatic rings. The molecule has 192 valence electrons. The van der Waals surface area contributed by atoms with E-state index in [1.807, 2.05) is 17.7 Å². The molecular weight excluding hydrogens is 511 g/mol. The van der Waals surface area contributed by atoms with Gasteiger partial charge in [0.05, 0.1) is 15.6 Å². The first-order valence-corrected chi connectivity index (χ1v) is 12.5. The van der Waals surface area contributed by atoms with Crippen molar-refractivity contribution >= 4 is 45.8 Å². The second-order valence-corrected chi connectivity index (χ2v) is 10.2. The summed E-state index contributed by atoms with van der Waals surface area (Å²) in [4.78, 5) is 30.6. The molecule has 0 spiro atoms. The van der Waals surface area contributed by atoms with Gasteiger partial charge < -0.3 is 19.0 Å². The molecule has 1 saturated heterocycles. The minimum atomic E-state index is -3.29. The number of Topliss-reactive ketones (excluding diaryl/α,β-unsaturated/α-hetero) is 1. The largest absolute Gasteiger partial charge is 0.433 e. The first-order valence-electron chi connectivity index (χ1n) is 11.7. The third-order valence-electron chi connectivity index (χ3n) is 6.52. The van der Waals surface area contributed by atoms with Gasteiger partial charge in [-0.2, -0.15) is 8.78 Å². The van der Waals surface area contributed by atoms with Crippen LogP contribution in [0.4, 0.5) is 8.78 Å². The molecule has 4 rings (SSSR count). The zero-order valence-corrected chi connectivity index (χ0v) is 21.8. The predicted molar refractivity (Wildman–Crippen MR) is 135 cm³/mol. The minimum absolute atomic E-state index is 0.0580. The van der Waals surface area contributed by atoms with Gasteiger partial charge in [-0.25, -0.2) is 4.98 Å². The fourth-order valence-electron chi connectivity index (χ4n) is 4.70. The number of piperidine rings is 1. The van der Waals surface area contributed by atoms with Crippen molar-refractivity contribution in [3.8, 4) is 5.75 Å². The van der Waals surface area contributed by atoms with E-state index in [0.29, 0.717) is 49.0 Å². The molecule has 0 atom stereocenters. The first kappa shape index (κ1) is 26.4. The molecule has 1 aromatic carbocycles. The highest BCUT2D eigenvalue weighted by molar-refractivity contribution is 6.37. The summed E-state index contributed by atoms with van der Waals surface area (Å²) in [6, 6.07) is 6.67. The molecule has 0 aliphatic carbocycles. The Kier molecular flexibility index (Phi) is 7.57. The summed E-state index contributed by atoms with van der Waals surface area (Å²) in [5.41, 5.74) is 2.23. The molecule has 0 bridgehead atoms. The van der Waals surface area contributed by atoms with E-state index >= 15 is 0 Å². The SMILES string of the molecule is CC(=O)CC1CCN(C(=O)c2ncc(Cl)c(Cc3cc4ccc(OC(C)(F)F)cc4n3C)c2Cl)CC1. The quantitative estimate of drug-likeness (QED) is 0.355. The van der Waals surface area contributed by atoms with E-state index < -0.39 is 6.11 Å². The third-order valence-corrected chi connectivity index (χ3v) is 7.25. The molecule has 2 aromatic heterocycles.